The number of rotatable bonds is 11. The van der Waals surface area contributed by atoms with Crippen molar-refractivity contribution in [3.05, 3.63) is 180 Å². The summed E-state index contributed by atoms with van der Waals surface area (Å²) in [6.07, 6.45) is 0.386. The van der Waals surface area contributed by atoms with Gasteiger partial charge in [-0.15, -0.1) is 11.8 Å². The number of nitrogens with zero attached hydrogens (tertiary/aromatic N) is 1. The van der Waals surface area contributed by atoms with Crippen LogP contribution in [0.25, 0.3) is 10.8 Å². The lowest BCUT2D eigenvalue weighted by atomic mass is 9.84. The summed E-state index contributed by atoms with van der Waals surface area (Å²) < 4.78 is 35.7. The fourth-order valence-electron chi connectivity index (χ4n) is 6.89. The van der Waals surface area contributed by atoms with E-state index in [-0.39, 0.29) is 22.8 Å². The summed E-state index contributed by atoms with van der Waals surface area (Å²) >= 11 is 1.80. The molecule has 1 amide bonds. The average Bonchev–Trinajstić information content (AvgIpc) is 3.58. The lowest BCUT2D eigenvalue weighted by Crippen LogP contribution is -2.37. The van der Waals surface area contributed by atoms with Gasteiger partial charge in [0.2, 0.25) is 10.0 Å². The quantitative estimate of drug-likeness (QED) is 0.137. The van der Waals surface area contributed by atoms with Crippen LogP contribution < -0.4 is 5.32 Å². The number of anilines is 1. The van der Waals surface area contributed by atoms with E-state index in [0.717, 1.165) is 27.5 Å². The minimum atomic E-state index is -3.90. The van der Waals surface area contributed by atoms with Gasteiger partial charge in [-0.2, -0.15) is 4.31 Å². The maximum atomic E-state index is 14.5. The van der Waals surface area contributed by atoms with Crippen LogP contribution in [0.1, 0.15) is 29.5 Å². The molecule has 0 aromatic heterocycles. The van der Waals surface area contributed by atoms with E-state index in [1.165, 1.54) is 0 Å². The SMILES string of the molecule is O=C(Nc1ccccc1)OCC[C@@H]1C[C@@H](SC(c2ccccc2)(c2ccccc2)c2ccccc2)CN1S(=O)(=O)c1ccc2ccccc2c1. The number of carbonyl (C=O) groups is 1. The summed E-state index contributed by atoms with van der Waals surface area (Å²) in [5.41, 5.74) is 4.00. The average molecular weight is 699 g/mol. The zero-order chi connectivity index (χ0) is 34.4. The number of ether oxygens (including phenoxy) is 1. The second kappa shape index (κ2) is 14.9. The molecule has 0 aliphatic carbocycles. The number of sulfonamides is 1. The number of carbonyl (C=O) groups excluding carboxylic acids is 1. The second-order valence-corrected chi connectivity index (χ2v) is 15.8. The Morgan fingerprint density at radius 1 is 0.700 bits per heavy atom. The fourth-order valence-corrected chi connectivity index (χ4v) is 10.6. The van der Waals surface area contributed by atoms with E-state index in [1.807, 2.05) is 66.7 Å². The monoisotopic (exact) mass is 698 g/mol. The van der Waals surface area contributed by atoms with Crippen molar-refractivity contribution in [2.75, 3.05) is 18.5 Å². The van der Waals surface area contributed by atoms with Crippen molar-refractivity contribution in [1.82, 2.24) is 4.31 Å². The summed E-state index contributed by atoms with van der Waals surface area (Å²) in [4.78, 5) is 12.9. The molecule has 0 spiro atoms. The molecule has 2 atom stereocenters. The first kappa shape index (κ1) is 33.6. The Kier molecular flexibility index (Phi) is 10.0. The number of fused-ring (bicyclic) bond motifs is 1. The zero-order valence-electron chi connectivity index (χ0n) is 27.5. The predicted octanol–water partition coefficient (Wildman–Crippen LogP) is 9.34. The van der Waals surface area contributed by atoms with Crippen LogP contribution in [-0.2, 0) is 19.5 Å². The second-order valence-electron chi connectivity index (χ2n) is 12.4. The van der Waals surface area contributed by atoms with Crippen LogP contribution in [0.5, 0.6) is 0 Å². The molecule has 1 N–H and O–H groups in total. The third kappa shape index (κ3) is 7.05. The van der Waals surface area contributed by atoms with Gasteiger partial charge in [-0.3, -0.25) is 5.32 Å². The van der Waals surface area contributed by atoms with Gasteiger partial charge in [0.1, 0.15) is 0 Å². The van der Waals surface area contributed by atoms with Crippen LogP contribution in [-0.4, -0.2) is 43.3 Å². The van der Waals surface area contributed by atoms with Crippen molar-refractivity contribution < 1.29 is 17.9 Å². The molecule has 7 rings (SSSR count). The summed E-state index contributed by atoms with van der Waals surface area (Å²) in [5.74, 6) is 0. The Bertz CT molecular complexity index is 2050. The Morgan fingerprint density at radius 2 is 1.22 bits per heavy atom. The molecule has 6 aromatic carbocycles. The highest BCUT2D eigenvalue weighted by atomic mass is 32.2. The van der Waals surface area contributed by atoms with E-state index in [9.17, 15) is 13.2 Å². The van der Waals surface area contributed by atoms with Crippen LogP contribution >= 0.6 is 11.8 Å². The predicted molar refractivity (Wildman–Crippen MR) is 203 cm³/mol. The Balaban J connectivity index is 1.23. The molecule has 1 saturated heterocycles. The van der Waals surface area contributed by atoms with E-state index in [4.69, 9.17) is 4.74 Å². The van der Waals surface area contributed by atoms with Gasteiger partial charge in [0.05, 0.1) is 16.2 Å². The van der Waals surface area contributed by atoms with Crippen molar-refractivity contribution in [3.8, 4) is 0 Å². The number of hydrogen-bond donors (Lipinski definition) is 1. The molecule has 1 heterocycles. The van der Waals surface area contributed by atoms with E-state index < -0.39 is 20.9 Å². The Hall–Kier alpha value is -4.89. The number of nitrogens with one attached hydrogen (secondary N) is 1. The van der Waals surface area contributed by atoms with Gasteiger partial charge >= 0.3 is 6.09 Å². The normalized spacial score (nSPS) is 16.6. The minimum absolute atomic E-state index is 0.0750. The highest BCUT2D eigenvalue weighted by molar-refractivity contribution is 8.01. The largest absolute Gasteiger partial charge is 0.449 e. The van der Waals surface area contributed by atoms with Crippen molar-refractivity contribution in [2.24, 2.45) is 0 Å². The first-order valence-corrected chi connectivity index (χ1v) is 19.1. The van der Waals surface area contributed by atoms with Crippen LogP contribution in [0.4, 0.5) is 10.5 Å². The standard InChI is InChI=1S/C42H38N2O4S2/c45-41(43-37-23-11-4-12-24-37)48-28-27-38-30-39(31-44(38)50(46,47)40-26-25-32-15-13-14-16-33(32)29-40)49-42(34-17-5-1-6-18-34,35-19-7-2-8-20-35)36-21-9-3-10-22-36/h1-26,29,38-39H,27-28,30-31H2,(H,43,45)/t38-,39-/m1/s1. The van der Waals surface area contributed by atoms with Gasteiger partial charge in [-0.05, 0) is 64.6 Å². The van der Waals surface area contributed by atoms with Crippen molar-refractivity contribution in [2.45, 2.75) is 33.8 Å². The molecule has 1 aliphatic rings. The van der Waals surface area contributed by atoms with Crippen LogP contribution in [0, 0.1) is 0 Å². The molecule has 0 radical (unpaired) electrons. The maximum absolute atomic E-state index is 14.5. The highest BCUT2D eigenvalue weighted by Crippen LogP contribution is 2.52. The number of hydrogen-bond acceptors (Lipinski definition) is 5. The lowest BCUT2D eigenvalue weighted by molar-refractivity contribution is 0.152. The first-order chi connectivity index (χ1) is 24.4. The molecule has 50 heavy (non-hydrogen) atoms. The molecule has 252 valence electrons. The smallest absolute Gasteiger partial charge is 0.411 e. The summed E-state index contributed by atoms with van der Waals surface area (Å²) in [6.45, 7) is 0.389. The molecule has 6 aromatic rings. The molecule has 1 fully saturated rings. The Labute approximate surface area is 298 Å². The van der Waals surface area contributed by atoms with Gasteiger partial charge in [0.25, 0.3) is 0 Å². The number of benzene rings is 6. The Morgan fingerprint density at radius 3 is 1.80 bits per heavy atom. The third-order valence-electron chi connectivity index (χ3n) is 9.24. The van der Waals surface area contributed by atoms with E-state index in [0.29, 0.717) is 25.1 Å². The fraction of sp³-hybridized carbons (Fsp3) is 0.167. The van der Waals surface area contributed by atoms with Gasteiger partial charge in [-0.25, -0.2) is 13.2 Å². The molecular formula is C42H38N2O4S2. The summed E-state index contributed by atoms with van der Waals surface area (Å²) in [6, 6.07) is 53.2. The van der Waals surface area contributed by atoms with Crippen LogP contribution in [0.3, 0.4) is 0 Å². The van der Waals surface area contributed by atoms with Gasteiger partial charge in [0.15, 0.2) is 0 Å². The molecule has 1 aliphatic heterocycles. The van der Waals surface area contributed by atoms with Crippen molar-refractivity contribution in [3.63, 3.8) is 0 Å². The minimum Gasteiger partial charge on any atom is -0.449 e. The zero-order valence-corrected chi connectivity index (χ0v) is 29.1. The summed E-state index contributed by atoms with van der Waals surface area (Å²) in [7, 11) is -3.90. The maximum Gasteiger partial charge on any atom is 0.411 e. The molecule has 8 heteroatoms. The molecule has 0 saturated carbocycles. The molecule has 0 bridgehead atoms. The summed E-state index contributed by atoms with van der Waals surface area (Å²) in [5, 5.41) is 4.52. The van der Waals surface area contributed by atoms with E-state index >= 15 is 0 Å². The number of para-hydroxylation sites is 1. The lowest BCUT2D eigenvalue weighted by Gasteiger charge is -2.37. The van der Waals surface area contributed by atoms with E-state index in [1.54, 1.807) is 40.3 Å². The first-order valence-electron chi connectivity index (χ1n) is 16.8. The highest BCUT2D eigenvalue weighted by Gasteiger charge is 2.46. The van der Waals surface area contributed by atoms with Crippen molar-refractivity contribution >= 4 is 44.3 Å². The van der Waals surface area contributed by atoms with Gasteiger partial charge in [-0.1, -0.05) is 140 Å². The van der Waals surface area contributed by atoms with Crippen LogP contribution in [0.15, 0.2) is 169 Å². The molecular weight excluding hydrogens is 661 g/mol. The van der Waals surface area contributed by atoms with Crippen molar-refractivity contribution in [1.29, 1.82) is 0 Å². The van der Waals surface area contributed by atoms with Crippen LogP contribution in [0.2, 0.25) is 0 Å². The molecule has 6 nitrogen and oxygen atoms in total. The van der Waals surface area contributed by atoms with Gasteiger partial charge < -0.3 is 4.74 Å². The van der Waals surface area contributed by atoms with E-state index in [2.05, 4.69) is 78.1 Å². The number of amides is 1. The van der Waals surface area contributed by atoms with Gasteiger partial charge in [0, 0.05) is 23.5 Å². The third-order valence-corrected chi connectivity index (χ3v) is 12.9. The topological polar surface area (TPSA) is 75.7 Å². The number of thioether (sulfide) groups is 1. The molecule has 0 unspecified atom stereocenters.